The minimum absolute atomic E-state index is 0.0176. The quantitative estimate of drug-likeness (QED) is 0.105. The summed E-state index contributed by atoms with van der Waals surface area (Å²) in [6.45, 7) is 1.81. The molecule has 1 rings (SSSR count). The van der Waals surface area contributed by atoms with Crippen molar-refractivity contribution in [2.45, 2.75) is 147 Å². The first-order valence-corrected chi connectivity index (χ1v) is 14.0. The first kappa shape index (κ1) is 31.1. The predicted octanol–water partition coefficient (Wildman–Crippen LogP) is 5.61. The van der Waals surface area contributed by atoms with Crippen LogP contribution in [0.2, 0.25) is 0 Å². The Kier molecular flexibility index (Phi) is 19.5. The molecule has 0 aromatic rings. The van der Waals surface area contributed by atoms with Crippen LogP contribution in [0.25, 0.3) is 0 Å². The van der Waals surface area contributed by atoms with Crippen molar-refractivity contribution in [2.75, 3.05) is 13.2 Å². The van der Waals surface area contributed by atoms with Gasteiger partial charge in [-0.1, -0.05) is 96.1 Å². The van der Waals surface area contributed by atoms with E-state index in [9.17, 15) is 20.1 Å². The van der Waals surface area contributed by atoms with Crippen molar-refractivity contribution in [3.8, 4) is 0 Å². The molecule has 0 radical (unpaired) electrons. The average Bonchev–Trinajstić information content (AvgIpc) is 3.17. The lowest BCUT2D eigenvalue weighted by Crippen LogP contribution is -2.43. The number of allylic oxidation sites excluding steroid dienone is 2. The highest BCUT2D eigenvalue weighted by atomic mass is 16.6. The zero-order valence-corrected chi connectivity index (χ0v) is 21.7. The molecule has 0 unspecified atom stereocenters. The lowest BCUT2D eigenvalue weighted by Gasteiger charge is -2.24. The fraction of sp³-hybridized carbons (Fsp3) is 0.893. The van der Waals surface area contributed by atoms with Crippen LogP contribution in [0.5, 0.6) is 0 Å². The van der Waals surface area contributed by atoms with Crippen LogP contribution in [0.1, 0.15) is 122 Å². The Morgan fingerprint density at radius 1 is 0.853 bits per heavy atom. The molecule has 3 N–H and O–H groups in total. The third-order valence-corrected chi connectivity index (χ3v) is 6.66. The number of ether oxygens (including phenoxy) is 2. The Labute approximate surface area is 208 Å². The van der Waals surface area contributed by atoms with E-state index in [0.29, 0.717) is 6.42 Å². The molecule has 1 aliphatic rings. The monoisotopic (exact) mass is 484 g/mol. The molecule has 200 valence electrons. The van der Waals surface area contributed by atoms with Gasteiger partial charge in [-0.05, 0) is 32.1 Å². The molecular weight excluding hydrogens is 432 g/mol. The molecule has 1 heterocycles. The van der Waals surface area contributed by atoms with Crippen molar-refractivity contribution in [1.82, 2.24) is 0 Å². The highest BCUT2D eigenvalue weighted by Gasteiger charge is 2.41. The van der Waals surface area contributed by atoms with Gasteiger partial charge in [0.05, 0.1) is 13.2 Å². The van der Waals surface area contributed by atoms with Gasteiger partial charge in [-0.25, -0.2) is 0 Å². The summed E-state index contributed by atoms with van der Waals surface area (Å²) in [6, 6.07) is 0. The summed E-state index contributed by atoms with van der Waals surface area (Å²) in [7, 11) is 0. The van der Waals surface area contributed by atoms with Crippen LogP contribution in [-0.4, -0.2) is 58.9 Å². The molecule has 0 amide bonds. The molecule has 6 nitrogen and oxygen atoms in total. The number of hydrogen-bond donors (Lipinski definition) is 3. The summed E-state index contributed by atoms with van der Waals surface area (Å²) in [5, 5.41) is 28.8. The van der Waals surface area contributed by atoms with Gasteiger partial charge >= 0.3 is 5.97 Å². The van der Waals surface area contributed by atoms with Gasteiger partial charge in [0.25, 0.3) is 0 Å². The van der Waals surface area contributed by atoms with Crippen molar-refractivity contribution in [1.29, 1.82) is 0 Å². The normalized spacial score (nSPS) is 21.4. The average molecular weight is 485 g/mol. The van der Waals surface area contributed by atoms with E-state index in [2.05, 4.69) is 19.1 Å². The number of carbonyl (C=O) groups excluding carboxylic acids is 1. The van der Waals surface area contributed by atoms with Crippen LogP contribution < -0.4 is 0 Å². The lowest BCUT2D eigenvalue weighted by atomic mass is 10.1. The molecule has 4 atom stereocenters. The second kappa shape index (κ2) is 21.3. The molecule has 1 saturated heterocycles. The molecular formula is C28H52O6. The fourth-order valence-electron chi connectivity index (χ4n) is 4.44. The van der Waals surface area contributed by atoms with Crippen LogP contribution in [0.3, 0.4) is 0 Å². The largest absolute Gasteiger partial charge is 0.457 e. The van der Waals surface area contributed by atoms with E-state index in [1.165, 1.54) is 89.9 Å². The second-order valence-corrected chi connectivity index (χ2v) is 9.82. The third kappa shape index (κ3) is 15.1. The molecule has 34 heavy (non-hydrogen) atoms. The number of hydrogen-bond acceptors (Lipinski definition) is 6. The summed E-state index contributed by atoms with van der Waals surface area (Å²) in [6.07, 6.45) is 22.3. The number of aliphatic hydroxyl groups is 3. The Morgan fingerprint density at radius 2 is 1.35 bits per heavy atom. The molecule has 0 saturated carbocycles. The molecule has 0 bridgehead atoms. The van der Waals surface area contributed by atoms with Crippen LogP contribution >= 0.6 is 0 Å². The van der Waals surface area contributed by atoms with Crippen LogP contribution in [0, 0.1) is 0 Å². The minimum atomic E-state index is -1.14. The van der Waals surface area contributed by atoms with Crippen LogP contribution in [0.15, 0.2) is 12.2 Å². The van der Waals surface area contributed by atoms with Crippen LogP contribution in [-0.2, 0) is 14.3 Å². The van der Waals surface area contributed by atoms with E-state index in [0.717, 1.165) is 19.3 Å². The summed E-state index contributed by atoms with van der Waals surface area (Å²) in [5.74, 6) is -0.391. The van der Waals surface area contributed by atoms with Gasteiger partial charge in [0.2, 0.25) is 0 Å². The van der Waals surface area contributed by atoms with E-state index >= 15 is 0 Å². The van der Waals surface area contributed by atoms with E-state index in [-0.39, 0.29) is 6.61 Å². The zero-order valence-electron chi connectivity index (χ0n) is 21.7. The molecule has 1 aliphatic heterocycles. The van der Waals surface area contributed by atoms with E-state index in [1.54, 1.807) is 0 Å². The first-order chi connectivity index (χ1) is 16.6. The summed E-state index contributed by atoms with van der Waals surface area (Å²) < 4.78 is 10.5. The number of rotatable bonds is 22. The lowest BCUT2D eigenvalue weighted by molar-refractivity contribution is -0.162. The number of aliphatic hydroxyl groups excluding tert-OH is 3. The molecule has 0 aromatic heterocycles. The van der Waals surface area contributed by atoms with E-state index in [1.807, 2.05) is 0 Å². The van der Waals surface area contributed by atoms with Gasteiger partial charge in [0, 0.05) is 6.42 Å². The SMILES string of the molecule is CCCCCCCCC=CCCCCCCCCCCCC(=O)O[C@H](CO)[C@H]1OC[C@H](O)[C@H]1O. The van der Waals surface area contributed by atoms with Crippen molar-refractivity contribution in [3.63, 3.8) is 0 Å². The smallest absolute Gasteiger partial charge is 0.306 e. The molecule has 0 spiro atoms. The first-order valence-electron chi connectivity index (χ1n) is 14.0. The maximum absolute atomic E-state index is 12.0. The fourth-order valence-corrected chi connectivity index (χ4v) is 4.44. The van der Waals surface area contributed by atoms with Gasteiger partial charge in [-0.15, -0.1) is 0 Å². The summed E-state index contributed by atoms with van der Waals surface area (Å²) >= 11 is 0. The Hall–Kier alpha value is -0.950. The molecule has 0 aliphatic carbocycles. The van der Waals surface area contributed by atoms with Gasteiger partial charge in [0.1, 0.15) is 18.3 Å². The Bertz CT molecular complexity index is 509. The Balaban J connectivity index is 1.86. The van der Waals surface area contributed by atoms with Gasteiger partial charge in [-0.3, -0.25) is 4.79 Å². The molecule has 0 aromatic carbocycles. The predicted molar refractivity (Wildman–Crippen MR) is 137 cm³/mol. The number of unbranched alkanes of at least 4 members (excludes halogenated alkanes) is 15. The highest BCUT2D eigenvalue weighted by Crippen LogP contribution is 2.20. The van der Waals surface area contributed by atoms with Crippen molar-refractivity contribution < 1.29 is 29.6 Å². The maximum Gasteiger partial charge on any atom is 0.306 e. The van der Waals surface area contributed by atoms with Gasteiger partial charge < -0.3 is 24.8 Å². The summed E-state index contributed by atoms with van der Waals surface area (Å²) in [4.78, 5) is 12.0. The highest BCUT2D eigenvalue weighted by molar-refractivity contribution is 5.69. The van der Waals surface area contributed by atoms with E-state index in [4.69, 9.17) is 9.47 Å². The number of carbonyl (C=O) groups is 1. The topological polar surface area (TPSA) is 96.2 Å². The van der Waals surface area contributed by atoms with Gasteiger partial charge in [-0.2, -0.15) is 0 Å². The molecule has 1 fully saturated rings. The molecule has 6 heteroatoms. The minimum Gasteiger partial charge on any atom is -0.457 e. The third-order valence-electron chi connectivity index (χ3n) is 6.66. The number of esters is 1. The Morgan fingerprint density at radius 3 is 1.82 bits per heavy atom. The van der Waals surface area contributed by atoms with Crippen LogP contribution in [0.4, 0.5) is 0 Å². The standard InChI is InChI=1S/C28H52O6/c1-2-3-4-5-6-7-8-9-10-11-12-13-14-15-16-17-18-19-20-21-26(31)34-25(22-29)28-27(32)24(30)23-33-28/h9-10,24-25,27-30,32H,2-8,11-23H2,1H3/t24-,25+,27+,28+/m0/s1. The van der Waals surface area contributed by atoms with Gasteiger partial charge in [0.15, 0.2) is 6.10 Å². The summed E-state index contributed by atoms with van der Waals surface area (Å²) in [5.41, 5.74) is 0. The zero-order chi connectivity index (χ0) is 24.9. The maximum atomic E-state index is 12.0. The van der Waals surface area contributed by atoms with Crippen molar-refractivity contribution in [2.24, 2.45) is 0 Å². The van der Waals surface area contributed by atoms with Crippen molar-refractivity contribution in [3.05, 3.63) is 12.2 Å². The van der Waals surface area contributed by atoms with Crippen molar-refractivity contribution >= 4 is 5.97 Å². The van der Waals surface area contributed by atoms with E-state index < -0.39 is 37.0 Å². The second-order valence-electron chi connectivity index (χ2n) is 9.82.